The van der Waals surface area contributed by atoms with Crippen molar-refractivity contribution < 1.29 is 19.4 Å². The number of carboxylic acid groups (broad SMARTS) is 1. The van der Waals surface area contributed by atoms with Crippen LogP contribution in [0.1, 0.15) is 28.7 Å². The highest BCUT2D eigenvalue weighted by molar-refractivity contribution is 7.19. The zero-order valence-electron chi connectivity index (χ0n) is 13.7. The van der Waals surface area contributed by atoms with Crippen molar-refractivity contribution in [3.8, 4) is 22.8 Å². The van der Waals surface area contributed by atoms with Crippen molar-refractivity contribution >= 4 is 22.3 Å². The smallest absolute Gasteiger partial charge is 0.347 e. The zero-order chi connectivity index (χ0) is 17.3. The number of aryl methyl sites for hydroxylation is 1. The van der Waals surface area contributed by atoms with Gasteiger partial charge >= 0.3 is 5.97 Å². The number of rotatable bonds is 6. The van der Waals surface area contributed by atoms with E-state index in [0.717, 1.165) is 23.4 Å². The van der Waals surface area contributed by atoms with Crippen molar-refractivity contribution in [3.05, 3.63) is 35.0 Å². The highest BCUT2D eigenvalue weighted by Crippen LogP contribution is 2.35. The molecule has 0 aliphatic rings. The van der Waals surface area contributed by atoms with Crippen molar-refractivity contribution in [1.29, 1.82) is 0 Å². The lowest BCUT2D eigenvalue weighted by molar-refractivity contribution is 0.0700. The van der Waals surface area contributed by atoms with E-state index in [2.05, 4.69) is 4.98 Å². The Hall–Kier alpha value is -2.54. The van der Waals surface area contributed by atoms with E-state index >= 15 is 0 Å². The third-order valence-electron chi connectivity index (χ3n) is 3.78. The molecule has 0 saturated heterocycles. The SMILES string of the molecule is CCCc1c(C(=O)O)sc2nc(-c3cc(OC)ccc3OC)cn12. The second kappa shape index (κ2) is 6.52. The summed E-state index contributed by atoms with van der Waals surface area (Å²) in [7, 11) is 3.21. The van der Waals surface area contributed by atoms with E-state index in [4.69, 9.17) is 9.47 Å². The van der Waals surface area contributed by atoms with Gasteiger partial charge in [-0.2, -0.15) is 0 Å². The largest absolute Gasteiger partial charge is 0.497 e. The number of ether oxygens (including phenoxy) is 2. The molecule has 2 aromatic heterocycles. The Labute approximate surface area is 143 Å². The summed E-state index contributed by atoms with van der Waals surface area (Å²) in [4.78, 5) is 17.0. The van der Waals surface area contributed by atoms with Crippen molar-refractivity contribution in [2.24, 2.45) is 0 Å². The van der Waals surface area contributed by atoms with Crippen LogP contribution in [0, 0.1) is 0 Å². The van der Waals surface area contributed by atoms with Crippen molar-refractivity contribution in [2.75, 3.05) is 14.2 Å². The predicted octanol–water partition coefficient (Wildman–Crippen LogP) is 3.73. The summed E-state index contributed by atoms with van der Waals surface area (Å²) in [5.74, 6) is 0.494. The molecule has 3 aromatic rings. The van der Waals surface area contributed by atoms with E-state index in [9.17, 15) is 9.90 Å². The number of thiazole rings is 1. The first-order valence-corrected chi connectivity index (χ1v) is 8.37. The van der Waals surface area contributed by atoms with Crippen LogP contribution in [0.4, 0.5) is 0 Å². The molecule has 126 valence electrons. The quantitative estimate of drug-likeness (QED) is 0.736. The number of imidazole rings is 1. The molecule has 0 aliphatic heterocycles. The molecule has 0 radical (unpaired) electrons. The molecular formula is C17H18N2O4S. The number of hydrogen-bond donors (Lipinski definition) is 1. The van der Waals surface area contributed by atoms with Gasteiger partial charge in [-0.25, -0.2) is 9.78 Å². The number of hydrogen-bond acceptors (Lipinski definition) is 5. The van der Waals surface area contributed by atoms with Crippen LogP contribution in [0.25, 0.3) is 16.2 Å². The standard InChI is InChI=1S/C17H18N2O4S/c1-4-5-13-15(16(20)21)24-17-18-12(9-19(13)17)11-8-10(22-2)6-7-14(11)23-3/h6-9H,4-5H2,1-3H3,(H,20,21). The second-order valence-electron chi connectivity index (χ2n) is 5.28. The molecule has 0 atom stereocenters. The van der Waals surface area contributed by atoms with E-state index in [1.165, 1.54) is 11.3 Å². The Morgan fingerprint density at radius 1 is 1.33 bits per heavy atom. The van der Waals surface area contributed by atoms with Gasteiger partial charge in [0.15, 0.2) is 4.96 Å². The average molecular weight is 346 g/mol. The van der Waals surface area contributed by atoms with Crippen LogP contribution < -0.4 is 9.47 Å². The van der Waals surface area contributed by atoms with Crippen LogP contribution in [-0.2, 0) is 6.42 Å². The summed E-state index contributed by atoms with van der Waals surface area (Å²) in [6, 6.07) is 5.52. The number of aromatic nitrogens is 2. The second-order valence-corrected chi connectivity index (χ2v) is 6.26. The molecule has 1 aromatic carbocycles. The summed E-state index contributed by atoms with van der Waals surface area (Å²) >= 11 is 1.19. The van der Waals surface area contributed by atoms with E-state index in [0.29, 0.717) is 27.8 Å². The molecule has 0 unspecified atom stereocenters. The van der Waals surface area contributed by atoms with Gasteiger partial charge in [-0.05, 0) is 24.6 Å². The lowest BCUT2D eigenvalue weighted by Crippen LogP contribution is -2.00. The maximum Gasteiger partial charge on any atom is 0.347 e. The molecule has 24 heavy (non-hydrogen) atoms. The summed E-state index contributed by atoms with van der Waals surface area (Å²) < 4.78 is 12.6. The van der Waals surface area contributed by atoms with Gasteiger partial charge in [0.1, 0.15) is 16.4 Å². The number of fused-ring (bicyclic) bond motifs is 1. The molecule has 6 nitrogen and oxygen atoms in total. The average Bonchev–Trinajstić information content (AvgIpc) is 3.13. The number of carboxylic acids is 1. The van der Waals surface area contributed by atoms with Gasteiger partial charge in [0.2, 0.25) is 0 Å². The highest BCUT2D eigenvalue weighted by atomic mass is 32.1. The summed E-state index contributed by atoms with van der Waals surface area (Å²) in [5.41, 5.74) is 2.32. The molecule has 0 spiro atoms. The minimum absolute atomic E-state index is 0.350. The Balaban J connectivity index is 2.17. The third kappa shape index (κ3) is 2.71. The van der Waals surface area contributed by atoms with Crippen LogP contribution in [0.15, 0.2) is 24.4 Å². The molecule has 0 bridgehead atoms. The van der Waals surface area contributed by atoms with Gasteiger partial charge in [-0.1, -0.05) is 24.7 Å². The Bertz CT molecular complexity index is 898. The maximum absolute atomic E-state index is 11.4. The Kier molecular flexibility index (Phi) is 4.44. The van der Waals surface area contributed by atoms with Gasteiger partial charge in [0, 0.05) is 17.5 Å². The van der Waals surface area contributed by atoms with E-state index < -0.39 is 5.97 Å². The fourth-order valence-electron chi connectivity index (χ4n) is 2.67. The zero-order valence-corrected chi connectivity index (χ0v) is 14.5. The van der Waals surface area contributed by atoms with Crippen molar-refractivity contribution in [1.82, 2.24) is 9.38 Å². The van der Waals surface area contributed by atoms with Gasteiger partial charge < -0.3 is 14.6 Å². The molecule has 3 rings (SSSR count). The van der Waals surface area contributed by atoms with E-state index in [1.807, 2.05) is 35.7 Å². The Morgan fingerprint density at radius 2 is 2.12 bits per heavy atom. The Morgan fingerprint density at radius 3 is 2.75 bits per heavy atom. The van der Waals surface area contributed by atoms with Crippen molar-refractivity contribution in [2.45, 2.75) is 19.8 Å². The molecule has 0 fully saturated rings. The molecule has 0 saturated carbocycles. The first-order chi connectivity index (χ1) is 11.6. The predicted molar refractivity (Wildman–Crippen MR) is 92.6 cm³/mol. The number of benzene rings is 1. The lowest BCUT2D eigenvalue weighted by Gasteiger charge is -2.08. The number of methoxy groups -OCH3 is 2. The maximum atomic E-state index is 11.4. The fourth-order valence-corrected chi connectivity index (χ4v) is 3.66. The first kappa shape index (κ1) is 16.3. The topological polar surface area (TPSA) is 73.1 Å². The first-order valence-electron chi connectivity index (χ1n) is 7.55. The number of aromatic carboxylic acids is 1. The van der Waals surface area contributed by atoms with Crippen LogP contribution in [0.3, 0.4) is 0 Å². The fraction of sp³-hybridized carbons (Fsp3) is 0.294. The minimum Gasteiger partial charge on any atom is -0.497 e. The van der Waals surface area contributed by atoms with Crippen LogP contribution in [0.5, 0.6) is 11.5 Å². The molecule has 0 aliphatic carbocycles. The summed E-state index contributed by atoms with van der Waals surface area (Å²) in [6.45, 7) is 2.03. The highest BCUT2D eigenvalue weighted by Gasteiger charge is 2.20. The van der Waals surface area contributed by atoms with Crippen LogP contribution >= 0.6 is 11.3 Å². The molecule has 0 amide bonds. The molecular weight excluding hydrogens is 328 g/mol. The van der Waals surface area contributed by atoms with Gasteiger partial charge in [0.25, 0.3) is 0 Å². The minimum atomic E-state index is -0.908. The van der Waals surface area contributed by atoms with Crippen LogP contribution in [0.2, 0.25) is 0 Å². The van der Waals surface area contributed by atoms with Gasteiger partial charge in [0.05, 0.1) is 19.9 Å². The number of carbonyl (C=O) groups is 1. The molecule has 7 heteroatoms. The van der Waals surface area contributed by atoms with E-state index in [-0.39, 0.29) is 0 Å². The summed E-state index contributed by atoms with van der Waals surface area (Å²) in [5, 5.41) is 9.38. The molecule has 1 N–H and O–H groups in total. The third-order valence-corrected chi connectivity index (χ3v) is 4.87. The monoisotopic (exact) mass is 346 g/mol. The summed E-state index contributed by atoms with van der Waals surface area (Å²) in [6.07, 6.45) is 3.41. The molecule has 2 heterocycles. The lowest BCUT2D eigenvalue weighted by atomic mass is 10.1. The van der Waals surface area contributed by atoms with Crippen LogP contribution in [-0.4, -0.2) is 34.7 Å². The van der Waals surface area contributed by atoms with Gasteiger partial charge in [-0.3, -0.25) is 4.40 Å². The van der Waals surface area contributed by atoms with E-state index in [1.54, 1.807) is 14.2 Å². The van der Waals surface area contributed by atoms with Crippen molar-refractivity contribution in [3.63, 3.8) is 0 Å². The normalized spacial score (nSPS) is 11.0. The number of nitrogens with zero attached hydrogens (tertiary/aromatic N) is 2. The van der Waals surface area contributed by atoms with Gasteiger partial charge in [-0.15, -0.1) is 0 Å².